The van der Waals surface area contributed by atoms with E-state index in [0.29, 0.717) is 5.75 Å². The molecule has 0 bridgehead atoms. The van der Waals surface area contributed by atoms with E-state index < -0.39 is 12.0 Å². The Balaban J connectivity index is 1.65. The third-order valence-electron chi connectivity index (χ3n) is 4.56. The van der Waals surface area contributed by atoms with E-state index in [1.807, 2.05) is 45.8 Å². The molecule has 1 saturated heterocycles. The summed E-state index contributed by atoms with van der Waals surface area (Å²) in [6.07, 6.45) is 3.95. The highest BCUT2D eigenvalue weighted by molar-refractivity contribution is 5.92. The van der Waals surface area contributed by atoms with Crippen molar-refractivity contribution in [3.63, 3.8) is 0 Å². The Labute approximate surface area is 137 Å². The number of carbonyl (C=O) groups is 1. The van der Waals surface area contributed by atoms with E-state index in [-0.39, 0.29) is 5.56 Å². The zero-order valence-electron chi connectivity index (χ0n) is 12.7. The number of rotatable bonds is 1. The van der Waals surface area contributed by atoms with Gasteiger partial charge in [-0.3, -0.25) is 0 Å². The van der Waals surface area contributed by atoms with E-state index in [9.17, 15) is 4.79 Å². The van der Waals surface area contributed by atoms with Crippen molar-refractivity contribution in [1.82, 2.24) is 0 Å². The topological polar surface area (TPSA) is 61.8 Å². The van der Waals surface area contributed by atoms with Crippen LogP contribution in [0, 0.1) is 0 Å². The molecule has 3 aliphatic rings. The van der Waals surface area contributed by atoms with Gasteiger partial charge in [-0.15, -0.1) is 0 Å². The van der Waals surface area contributed by atoms with Crippen LogP contribution in [0.15, 0.2) is 42.5 Å². The first kappa shape index (κ1) is 13.3. The molecule has 1 spiro atoms. The van der Waals surface area contributed by atoms with Gasteiger partial charge in [0.15, 0.2) is 23.9 Å². The maximum atomic E-state index is 11.2. The predicted molar refractivity (Wildman–Crippen MR) is 84.4 cm³/mol. The summed E-state index contributed by atoms with van der Waals surface area (Å²) in [5.41, 5.74) is 1.99. The monoisotopic (exact) mass is 322 g/mol. The van der Waals surface area contributed by atoms with Crippen molar-refractivity contribution in [2.75, 3.05) is 13.1 Å². The van der Waals surface area contributed by atoms with Gasteiger partial charge in [-0.25, -0.2) is 4.79 Å². The highest BCUT2D eigenvalue weighted by atomic mass is 16.7. The Morgan fingerprint density at radius 2 is 1.62 bits per heavy atom. The maximum absolute atomic E-state index is 11.2. The second-order valence-electron chi connectivity index (χ2n) is 5.99. The molecule has 3 aliphatic heterocycles. The molecule has 2 aromatic carbocycles. The number of para-hydroxylation sites is 1. The van der Waals surface area contributed by atoms with Crippen LogP contribution in [-0.4, -0.2) is 51.8 Å². The van der Waals surface area contributed by atoms with Gasteiger partial charge in [-0.05, 0) is 30.3 Å². The van der Waals surface area contributed by atoms with Crippen molar-refractivity contribution in [3.05, 3.63) is 59.2 Å². The van der Waals surface area contributed by atoms with Crippen molar-refractivity contribution < 1.29 is 28.5 Å². The van der Waals surface area contributed by atoms with E-state index in [1.54, 1.807) is 18.2 Å². The number of ether oxygens (including phenoxy) is 2. The van der Waals surface area contributed by atoms with E-state index in [4.69, 9.17) is 14.6 Å². The number of aromatic carboxylic acids is 1. The summed E-state index contributed by atoms with van der Waals surface area (Å²) in [5.74, 6) is 0.418. The maximum Gasteiger partial charge on any atom is 0.704 e. The van der Waals surface area contributed by atoms with Crippen molar-refractivity contribution >= 4 is 18.4 Å². The van der Waals surface area contributed by atoms with E-state index in [1.165, 1.54) is 0 Å². The van der Waals surface area contributed by atoms with Crippen molar-refractivity contribution in [3.8, 4) is 11.5 Å². The van der Waals surface area contributed by atoms with Gasteiger partial charge in [0, 0.05) is 0 Å². The summed E-state index contributed by atoms with van der Waals surface area (Å²) in [6, 6.07) is 11.6. The fourth-order valence-electron chi connectivity index (χ4n) is 3.39. The van der Waals surface area contributed by atoms with E-state index >= 15 is 0 Å². The van der Waals surface area contributed by atoms with Crippen LogP contribution in [0.5, 0.6) is 11.5 Å². The Hall–Kier alpha value is -3.15. The Bertz CT molecular complexity index is 963. The highest BCUT2D eigenvalue weighted by Crippen LogP contribution is 2.36. The minimum absolute atomic E-state index is 0.238. The largest absolute Gasteiger partial charge is 0.704 e. The molecule has 118 valence electrons. The molecule has 24 heavy (non-hydrogen) atoms. The summed E-state index contributed by atoms with van der Waals surface area (Å²) in [7, 11) is 0. The number of carboxylic acids is 1. The third-order valence-corrected chi connectivity index (χ3v) is 4.56. The Morgan fingerprint density at radius 3 is 2.38 bits per heavy atom. The van der Waals surface area contributed by atoms with Crippen LogP contribution in [0.25, 0.3) is 0 Å². The predicted octanol–water partition coefficient (Wildman–Crippen LogP) is 1.36. The van der Waals surface area contributed by atoms with Crippen LogP contribution < -0.4 is 9.47 Å². The van der Waals surface area contributed by atoms with Gasteiger partial charge < -0.3 is 14.6 Å². The average molecular weight is 322 g/mol. The molecule has 0 amide bonds. The van der Waals surface area contributed by atoms with Crippen LogP contribution in [0.4, 0.5) is 0 Å². The standard InChI is InChI=1S/C18H13N2O4/c21-17(22)12-5-6-16-14(9-12)11-20-8-7-19-10-13-3-1-2-4-15(13)23-18(19,20)24-16/h1-6,9-11H,7-8H2/q+1/p+1/t18-/m1/s1. The molecule has 1 fully saturated rings. The first-order valence-electron chi connectivity index (χ1n) is 7.73. The van der Waals surface area contributed by atoms with Crippen LogP contribution >= 0.6 is 0 Å². The Kier molecular flexibility index (Phi) is 2.46. The zero-order valence-corrected chi connectivity index (χ0v) is 12.7. The van der Waals surface area contributed by atoms with Crippen LogP contribution in [-0.2, 0) is 0 Å². The van der Waals surface area contributed by atoms with Crippen LogP contribution in [0.2, 0.25) is 0 Å². The summed E-state index contributed by atoms with van der Waals surface area (Å²) < 4.78 is 16.4. The summed E-state index contributed by atoms with van der Waals surface area (Å²) in [4.78, 5) is 11.2. The minimum Gasteiger partial charge on any atom is -0.478 e. The number of carboxylic acid groups (broad SMARTS) is 1. The number of nitrogens with zero attached hydrogens (tertiary/aromatic N) is 2. The van der Waals surface area contributed by atoms with Gasteiger partial charge in [-0.2, -0.15) is 0 Å². The van der Waals surface area contributed by atoms with E-state index in [2.05, 4.69) is 0 Å². The fourth-order valence-corrected chi connectivity index (χ4v) is 3.39. The molecule has 0 radical (unpaired) electrons. The molecular formula is C18H14N2O4+2. The van der Waals surface area contributed by atoms with Gasteiger partial charge in [0.1, 0.15) is 0 Å². The van der Waals surface area contributed by atoms with Gasteiger partial charge >= 0.3 is 12.0 Å². The summed E-state index contributed by atoms with van der Waals surface area (Å²) in [5, 5.41) is 9.16. The number of fused-ring (bicyclic) bond motifs is 2. The van der Waals surface area contributed by atoms with Gasteiger partial charge in [0.05, 0.1) is 16.7 Å². The lowest BCUT2D eigenvalue weighted by molar-refractivity contribution is -0.855. The molecular weight excluding hydrogens is 308 g/mol. The number of benzene rings is 2. The lowest BCUT2D eigenvalue weighted by Crippen LogP contribution is -2.59. The molecule has 3 heterocycles. The van der Waals surface area contributed by atoms with Crippen molar-refractivity contribution in [1.29, 1.82) is 0 Å². The first-order valence-corrected chi connectivity index (χ1v) is 7.73. The Morgan fingerprint density at radius 1 is 0.958 bits per heavy atom. The lowest BCUT2D eigenvalue weighted by atomic mass is 10.1. The molecule has 0 unspecified atom stereocenters. The van der Waals surface area contributed by atoms with Crippen molar-refractivity contribution in [2.24, 2.45) is 0 Å². The lowest BCUT2D eigenvalue weighted by Gasteiger charge is -2.26. The second kappa shape index (κ2) is 4.44. The summed E-state index contributed by atoms with van der Waals surface area (Å²) in [6.45, 7) is 1.48. The molecule has 0 aromatic heterocycles. The minimum atomic E-state index is -1.04. The number of hydrogen-bond donors (Lipinski definition) is 1. The number of hydrogen-bond acceptors (Lipinski definition) is 3. The SMILES string of the molecule is O=C(O)c1ccc2c(c1)C=[N+]1CC[N+]3=Cc4ccccc4O[C@@]31O2. The fraction of sp³-hybridized carbons (Fsp3) is 0.167. The molecule has 6 nitrogen and oxygen atoms in total. The molecule has 1 N–H and O–H groups in total. The molecule has 2 aromatic rings. The highest BCUT2D eigenvalue weighted by Gasteiger charge is 2.68. The van der Waals surface area contributed by atoms with E-state index in [0.717, 1.165) is 30.0 Å². The zero-order chi connectivity index (χ0) is 16.3. The average Bonchev–Trinajstić information content (AvgIpc) is 2.94. The van der Waals surface area contributed by atoms with Gasteiger partial charge in [0.2, 0.25) is 13.1 Å². The smallest absolute Gasteiger partial charge is 0.478 e. The van der Waals surface area contributed by atoms with Crippen LogP contribution in [0.1, 0.15) is 21.5 Å². The summed E-state index contributed by atoms with van der Waals surface area (Å²) >= 11 is 0. The molecule has 0 saturated carbocycles. The molecule has 1 atom stereocenters. The van der Waals surface area contributed by atoms with Gasteiger partial charge in [0.25, 0.3) is 0 Å². The second-order valence-corrected chi connectivity index (χ2v) is 5.99. The van der Waals surface area contributed by atoms with Crippen LogP contribution in [0.3, 0.4) is 0 Å². The molecule has 5 rings (SSSR count). The molecule has 0 aliphatic carbocycles. The normalized spacial score (nSPS) is 22.7. The first-order chi connectivity index (χ1) is 11.7. The van der Waals surface area contributed by atoms with Crippen molar-refractivity contribution in [2.45, 2.75) is 6.03 Å². The third kappa shape index (κ3) is 1.68. The quantitative estimate of drug-likeness (QED) is 0.805. The van der Waals surface area contributed by atoms with Gasteiger partial charge in [-0.1, -0.05) is 21.3 Å². The molecule has 6 heteroatoms.